The fourth-order valence-corrected chi connectivity index (χ4v) is 3.73. The Morgan fingerprint density at radius 2 is 1.60 bits per heavy atom. The number of hydrogen-bond donors (Lipinski definition) is 1. The highest BCUT2D eigenvalue weighted by Gasteiger charge is 2.11. The van der Waals surface area contributed by atoms with Crippen LogP contribution in [0.2, 0.25) is 0 Å². The van der Waals surface area contributed by atoms with Gasteiger partial charge in [0.05, 0.1) is 0 Å². The smallest absolute Gasteiger partial charge is 0.277 e. The summed E-state index contributed by atoms with van der Waals surface area (Å²) in [6, 6.07) is 20.0. The van der Waals surface area contributed by atoms with Gasteiger partial charge < -0.3 is 4.42 Å². The minimum Gasteiger partial charge on any atom is -0.411 e. The van der Waals surface area contributed by atoms with Crippen LogP contribution in [0.15, 0.2) is 82.7 Å². The highest BCUT2D eigenvalue weighted by molar-refractivity contribution is 7.98. The van der Waals surface area contributed by atoms with Crippen LogP contribution in [0.25, 0.3) is 34.0 Å². The van der Waals surface area contributed by atoms with Gasteiger partial charge in [-0.25, -0.2) is 0 Å². The lowest BCUT2D eigenvalue weighted by Gasteiger charge is -2.07. The first kappa shape index (κ1) is 18.2. The van der Waals surface area contributed by atoms with E-state index in [0.717, 1.165) is 33.6 Å². The summed E-state index contributed by atoms with van der Waals surface area (Å²) in [4.78, 5) is 4.00. The van der Waals surface area contributed by atoms with Crippen LogP contribution in [-0.2, 0) is 5.75 Å². The number of rotatable bonds is 6. The Bertz CT molecular complexity index is 1240. The molecule has 0 unspecified atom stereocenters. The first-order chi connectivity index (χ1) is 14.9. The van der Waals surface area contributed by atoms with Gasteiger partial charge in [-0.2, -0.15) is 5.21 Å². The third kappa shape index (κ3) is 3.83. The summed E-state index contributed by atoms with van der Waals surface area (Å²) in [5, 5.41) is 23.1. The van der Waals surface area contributed by atoms with E-state index in [2.05, 4.69) is 66.1 Å². The van der Waals surface area contributed by atoms with Crippen molar-refractivity contribution in [2.75, 3.05) is 0 Å². The molecule has 0 saturated heterocycles. The van der Waals surface area contributed by atoms with Crippen LogP contribution >= 0.6 is 11.8 Å². The van der Waals surface area contributed by atoms with Crippen LogP contribution in [0.1, 0.15) is 5.56 Å². The maximum absolute atomic E-state index is 5.73. The number of benzene rings is 2. The van der Waals surface area contributed by atoms with Crippen molar-refractivity contribution in [2.45, 2.75) is 11.0 Å². The lowest BCUT2D eigenvalue weighted by Crippen LogP contribution is -1.88. The van der Waals surface area contributed by atoms with Crippen LogP contribution in [0, 0.1) is 0 Å². The molecule has 2 aromatic carbocycles. The maximum Gasteiger partial charge on any atom is 0.277 e. The Balaban J connectivity index is 1.30. The number of H-pyrrole nitrogens is 1. The summed E-state index contributed by atoms with van der Waals surface area (Å²) in [6.07, 6.45) is 3.40. The van der Waals surface area contributed by atoms with Crippen molar-refractivity contribution in [3.05, 3.63) is 78.6 Å². The van der Waals surface area contributed by atoms with Crippen molar-refractivity contribution in [2.24, 2.45) is 0 Å². The van der Waals surface area contributed by atoms with Gasteiger partial charge in [-0.05, 0) is 34.0 Å². The minimum atomic E-state index is 0.494. The monoisotopic (exact) mass is 413 g/mol. The van der Waals surface area contributed by atoms with E-state index in [1.165, 1.54) is 11.8 Å². The molecule has 0 amide bonds. The zero-order valence-electron chi connectivity index (χ0n) is 15.6. The lowest BCUT2D eigenvalue weighted by atomic mass is 9.98. The van der Waals surface area contributed by atoms with Crippen molar-refractivity contribution in [3.8, 4) is 34.0 Å². The van der Waals surface area contributed by atoms with Crippen LogP contribution in [-0.4, -0.2) is 35.8 Å². The third-order valence-electron chi connectivity index (χ3n) is 4.47. The van der Waals surface area contributed by atoms with Gasteiger partial charge in [0.1, 0.15) is 0 Å². The number of hydrogen-bond acceptors (Lipinski definition) is 8. The third-order valence-corrected chi connectivity index (χ3v) is 5.36. The van der Waals surface area contributed by atoms with E-state index in [0.29, 0.717) is 16.9 Å². The van der Waals surface area contributed by atoms with Gasteiger partial charge in [0, 0.05) is 29.3 Å². The Kier molecular flexibility index (Phi) is 5.01. The van der Waals surface area contributed by atoms with Crippen molar-refractivity contribution in [1.82, 2.24) is 35.8 Å². The normalized spacial score (nSPS) is 10.9. The quantitative estimate of drug-likeness (QED) is 0.411. The largest absolute Gasteiger partial charge is 0.411 e. The molecule has 0 saturated carbocycles. The molecule has 5 rings (SSSR count). The second-order valence-corrected chi connectivity index (χ2v) is 7.30. The molecule has 3 aromatic heterocycles. The van der Waals surface area contributed by atoms with Gasteiger partial charge in [-0.3, -0.25) is 4.98 Å². The number of pyridine rings is 1. The average molecular weight is 413 g/mol. The molecule has 30 heavy (non-hydrogen) atoms. The molecular weight excluding hydrogens is 398 g/mol. The summed E-state index contributed by atoms with van der Waals surface area (Å²) in [5.41, 5.74) is 5.08. The number of nitrogens with zero attached hydrogens (tertiary/aromatic N) is 6. The Hall–Kier alpha value is -3.85. The molecule has 0 bridgehead atoms. The number of nitrogens with one attached hydrogen (secondary N) is 1. The SMILES string of the molecule is c1ccc(-c2nn[nH]n2)c(-c2ccc(CSc3nnc(-c4ccncc4)o3)cc2)c1. The van der Waals surface area contributed by atoms with E-state index in [4.69, 9.17) is 4.42 Å². The summed E-state index contributed by atoms with van der Waals surface area (Å²) in [6.45, 7) is 0. The average Bonchev–Trinajstić information content (AvgIpc) is 3.51. The molecule has 0 fully saturated rings. The molecule has 0 radical (unpaired) electrons. The molecule has 3 heterocycles. The Morgan fingerprint density at radius 1 is 0.800 bits per heavy atom. The topological polar surface area (TPSA) is 106 Å². The molecule has 9 heteroatoms. The number of thioether (sulfide) groups is 1. The molecule has 1 N–H and O–H groups in total. The number of aromatic amines is 1. The molecule has 5 aromatic rings. The van der Waals surface area contributed by atoms with Crippen molar-refractivity contribution in [3.63, 3.8) is 0 Å². The van der Waals surface area contributed by atoms with Crippen molar-refractivity contribution in [1.29, 1.82) is 0 Å². The predicted octanol–water partition coefficient (Wildman–Crippen LogP) is 4.27. The number of aromatic nitrogens is 7. The molecule has 146 valence electrons. The fraction of sp³-hybridized carbons (Fsp3) is 0.0476. The van der Waals surface area contributed by atoms with Gasteiger partial charge in [0.15, 0.2) is 0 Å². The molecule has 0 aliphatic rings. The first-order valence-corrected chi connectivity index (χ1v) is 10.1. The molecule has 0 aliphatic carbocycles. The second kappa shape index (κ2) is 8.26. The van der Waals surface area contributed by atoms with E-state index in [-0.39, 0.29) is 0 Å². The van der Waals surface area contributed by atoms with Crippen molar-refractivity contribution < 1.29 is 4.42 Å². The molecule has 0 spiro atoms. The maximum atomic E-state index is 5.73. The summed E-state index contributed by atoms with van der Waals surface area (Å²) >= 11 is 1.50. The lowest BCUT2D eigenvalue weighted by molar-refractivity contribution is 0.466. The number of tetrazole rings is 1. The second-order valence-electron chi connectivity index (χ2n) is 6.38. The van der Waals surface area contributed by atoms with Gasteiger partial charge in [0.25, 0.3) is 5.22 Å². The fourth-order valence-electron chi connectivity index (χ4n) is 3.01. The van der Waals surface area contributed by atoms with Crippen LogP contribution in [0.3, 0.4) is 0 Å². The van der Waals surface area contributed by atoms with Crippen molar-refractivity contribution >= 4 is 11.8 Å². The molecule has 8 nitrogen and oxygen atoms in total. The van der Waals surface area contributed by atoms with E-state index in [1.54, 1.807) is 12.4 Å². The van der Waals surface area contributed by atoms with Crippen LogP contribution in [0.4, 0.5) is 0 Å². The summed E-state index contributed by atoms with van der Waals surface area (Å²) in [5.74, 6) is 1.80. The highest BCUT2D eigenvalue weighted by atomic mass is 32.2. The van der Waals surface area contributed by atoms with E-state index in [1.807, 2.05) is 30.3 Å². The van der Waals surface area contributed by atoms with Gasteiger partial charge in [-0.1, -0.05) is 60.3 Å². The van der Waals surface area contributed by atoms with E-state index in [9.17, 15) is 0 Å². The summed E-state index contributed by atoms with van der Waals surface area (Å²) in [7, 11) is 0. The van der Waals surface area contributed by atoms with Gasteiger partial charge >= 0.3 is 0 Å². The highest BCUT2D eigenvalue weighted by Crippen LogP contribution is 2.31. The van der Waals surface area contributed by atoms with Gasteiger partial charge in [0.2, 0.25) is 11.7 Å². The Labute approximate surface area is 175 Å². The molecule has 0 atom stereocenters. The summed E-state index contributed by atoms with van der Waals surface area (Å²) < 4.78 is 5.73. The zero-order valence-corrected chi connectivity index (χ0v) is 16.5. The first-order valence-electron chi connectivity index (χ1n) is 9.16. The van der Waals surface area contributed by atoms with Gasteiger partial charge in [-0.15, -0.1) is 20.4 Å². The standard InChI is InChI=1S/C21H15N7OS/c1-2-4-18(19-23-27-28-24-19)17(3-1)15-7-5-14(6-8-15)13-30-21-26-25-20(29-21)16-9-11-22-12-10-16/h1-12H,13H2,(H,23,24,27,28). The molecular formula is C21H15N7OS. The van der Waals surface area contributed by atoms with Crippen LogP contribution < -0.4 is 0 Å². The Morgan fingerprint density at radius 3 is 2.37 bits per heavy atom. The van der Waals surface area contributed by atoms with Crippen LogP contribution in [0.5, 0.6) is 0 Å². The zero-order chi connectivity index (χ0) is 20.2. The molecule has 0 aliphatic heterocycles. The minimum absolute atomic E-state index is 0.494. The van der Waals surface area contributed by atoms with E-state index >= 15 is 0 Å². The predicted molar refractivity (Wildman–Crippen MR) is 112 cm³/mol. The van der Waals surface area contributed by atoms with E-state index < -0.39 is 0 Å².